The smallest absolute Gasteiger partial charge is 0.265 e. The molecule has 0 spiro atoms. The fourth-order valence-electron chi connectivity index (χ4n) is 3.97. The summed E-state index contributed by atoms with van der Waals surface area (Å²) in [4.78, 5) is 25.8. The summed E-state index contributed by atoms with van der Waals surface area (Å²) in [5, 5.41) is 5.64. The Morgan fingerprint density at radius 2 is 1.85 bits per heavy atom. The average Bonchev–Trinajstić information content (AvgIpc) is 3.22. The van der Waals surface area contributed by atoms with E-state index in [0.717, 1.165) is 19.1 Å². The summed E-state index contributed by atoms with van der Waals surface area (Å²) < 4.78 is 37.2. The van der Waals surface area contributed by atoms with Crippen LogP contribution in [0, 0.1) is 0 Å². The number of carbonyl (C=O) groups is 2. The zero-order valence-corrected chi connectivity index (χ0v) is 19.1. The zero-order valence-electron chi connectivity index (χ0n) is 18.3. The molecule has 4 rings (SSSR count). The number of rotatable bonds is 6. The van der Waals surface area contributed by atoms with Gasteiger partial charge < -0.3 is 20.1 Å². The van der Waals surface area contributed by atoms with Gasteiger partial charge in [0.2, 0.25) is 10.0 Å². The lowest BCUT2D eigenvalue weighted by atomic mass is 10.1. The highest BCUT2D eigenvalue weighted by atomic mass is 32.2. The van der Waals surface area contributed by atoms with E-state index >= 15 is 0 Å². The van der Waals surface area contributed by atoms with E-state index in [4.69, 9.17) is 9.47 Å². The first-order chi connectivity index (χ1) is 15.8. The fourth-order valence-corrected chi connectivity index (χ4v) is 4.91. The van der Waals surface area contributed by atoms with Crippen molar-refractivity contribution >= 4 is 33.2 Å². The number of nitrogens with one attached hydrogen (secondary N) is 2. The minimum absolute atomic E-state index is 0.00736. The third kappa shape index (κ3) is 5.45. The first kappa shape index (κ1) is 23.1. The van der Waals surface area contributed by atoms with Crippen LogP contribution in [-0.4, -0.2) is 58.4 Å². The molecule has 2 aromatic rings. The molecular formula is C23H27N3O6S. The van der Waals surface area contributed by atoms with E-state index in [-0.39, 0.29) is 25.0 Å². The van der Waals surface area contributed by atoms with Crippen molar-refractivity contribution in [1.82, 2.24) is 5.32 Å². The number of hydrogen-bond donors (Lipinski definition) is 2. The lowest BCUT2D eigenvalue weighted by Crippen LogP contribution is -2.37. The van der Waals surface area contributed by atoms with Crippen molar-refractivity contribution in [1.29, 1.82) is 0 Å². The lowest BCUT2D eigenvalue weighted by molar-refractivity contribution is -0.122. The van der Waals surface area contributed by atoms with Crippen LogP contribution in [0.5, 0.6) is 5.75 Å². The first-order valence-electron chi connectivity index (χ1n) is 10.9. The van der Waals surface area contributed by atoms with Crippen LogP contribution in [0.25, 0.3) is 0 Å². The molecule has 10 heteroatoms. The molecule has 0 aromatic heterocycles. The largest absolute Gasteiger partial charge is 0.478 e. The number of sulfonamides is 1. The van der Waals surface area contributed by atoms with Gasteiger partial charge in [-0.2, -0.15) is 0 Å². The number of ether oxygens (including phenoxy) is 2. The number of nitrogens with zero attached hydrogens (tertiary/aromatic N) is 1. The summed E-state index contributed by atoms with van der Waals surface area (Å²) in [7, 11) is -3.54. The molecule has 176 valence electrons. The van der Waals surface area contributed by atoms with Crippen molar-refractivity contribution in [3.05, 3.63) is 54.1 Å². The number of carbonyl (C=O) groups excluding carboxylic acids is 2. The highest BCUT2D eigenvalue weighted by molar-refractivity contribution is 7.92. The molecule has 2 aliphatic rings. The van der Waals surface area contributed by atoms with Gasteiger partial charge in [0, 0.05) is 26.1 Å². The van der Waals surface area contributed by atoms with Crippen molar-refractivity contribution < 1.29 is 27.5 Å². The molecular weight excluding hydrogens is 446 g/mol. The van der Waals surface area contributed by atoms with Gasteiger partial charge in [-0.25, -0.2) is 8.42 Å². The third-order valence-corrected chi connectivity index (χ3v) is 6.81. The van der Waals surface area contributed by atoms with Crippen LogP contribution in [0.1, 0.15) is 29.6 Å². The number of amides is 2. The van der Waals surface area contributed by atoms with E-state index < -0.39 is 22.0 Å². The van der Waals surface area contributed by atoms with Gasteiger partial charge in [0.1, 0.15) is 5.75 Å². The Kier molecular flexibility index (Phi) is 6.85. The van der Waals surface area contributed by atoms with Gasteiger partial charge in [-0.15, -0.1) is 0 Å². The molecule has 0 radical (unpaired) electrons. The second-order valence-corrected chi connectivity index (χ2v) is 9.98. The fraction of sp³-hybridized carbons (Fsp3) is 0.391. The van der Waals surface area contributed by atoms with Crippen LogP contribution in [0.15, 0.2) is 48.5 Å². The molecule has 9 nitrogen and oxygen atoms in total. The molecule has 2 amide bonds. The van der Waals surface area contributed by atoms with Gasteiger partial charge in [0.15, 0.2) is 6.10 Å². The van der Waals surface area contributed by atoms with Crippen molar-refractivity contribution in [3.63, 3.8) is 0 Å². The Morgan fingerprint density at radius 3 is 2.61 bits per heavy atom. The molecule has 2 atom stereocenters. The molecule has 1 saturated heterocycles. The van der Waals surface area contributed by atoms with Gasteiger partial charge in [-0.05, 0) is 37.1 Å². The van der Waals surface area contributed by atoms with Gasteiger partial charge in [0.05, 0.1) is 29.3 Å². The molecule has 2 aliphatic heterocycles. The van der Waals surface area contributed by atoms with Gasteiger partial charge in [-0.3, -0.25) is 13.9 Å². The molecule has 0 aliphatic carbocycles. The molecule has 0 saturated carbocycles. The Labute approximate surface area is 193 Å². The minimum atomic E-state index is -3.54. The molecule has 0 unspecified atom stereocenters. The van der Waals surface area contributed by atoms with Crippen LogP contribution in [0.2, 0.25) is 0 Å². The third-order valence-electron chi connectivity index (χ3n) is 5.63. The second kappa shape index (κ2) is 9.80. The molecule has 2 heterocycles. The number of hydrogen-bond acceptors (Lipinski definition) is 6. The van der Waals surface area contributed by atoms with E-state index in [1.165, 1.54) is 4.31 Å². The molecule has 33 heavy (non-hydrogen) atoms. The molecule has 2 N–H and O–H groups in total. The van der Waals surface area contributed by atoms with Crippen LogP contribution in [-0.2, 0) is 19.6 Å². The summed E-state index contributed by atoms with van der Waals surface area (Å²) in [5.74, 6) is -0.459. The Bertz CT molecular complexity index is 1130. The maximum atomic E-state index is 13.1. The zero-order chi connectivity index (χ0) is 23.4. The van der Waals surface area contributed by atoms with Crippen molar-refractivity contribution in [2.45, 2.75) is 31.5 Å². The van der Waals surface area contributed by atoms with E-state index in [2.05, 4.69) is 10.6 Å². The van der Waals surface area contributed by atoms with Crippen LogP contribution in [0.4, 0.5) is 11.4 Å². The SMILES string of the molecule is CS(=O)(=O)N1CC[C@@H](C(=O)Nc2ccccc2C(=O)NC[C@H]2CCCO2)Oc2ccccc21. The van der Waals surface area contributed by atoms with Crippen molar-refractivity contribution in [3.8, 4) is 5.75 Å². The van der Waals surface area contributed by atoms with Gasteiger partial charge in [0.25, 0.3) is 11.8 Å². The minimum Gasteiger partial charge on any atom is -0.478 e. The summed E-state index contributed by atoms with van der Waals surface area (Å²) in [6.07, 6.45) is 2.24. The van der Waals surface area contributed by atoms with Crippen LogP contribution >= 0.6 is 0 Å². The van der Waals surface area contributed by atoms with E-state index in [1.54, 1.807) is 48.5 Å². The quantitative estimate of drug-likeness (QED) is 0.665. The summed E-state index contributed by atoms with van der Waals surface area (Å²) in [6, 6.07) is 13.4. The van der Waals surface area contributed by atoms with E-state index in [1.807, 2.05) is 0 Å². The molecule has 0 bridgehead atoms. The Morgan fingerprint density at radius 1 is 1.09 bits per heavy atom. The first-order valence-corrected chi connectivity index (χ1v) is 12.7. The Balaban J connectivity index is 1.48. The van der Waals surface area contributed by atoms with E-state index in [9.17, 15) is 18.0 Å². The second-order valence-electron chi connectivity index (χ2n) is 8.08. The predicted molar refractivity (Wildman–Crippen MR) is 124 cm³/mol. The predicted octanol–water partition coefficient (Wildman–Crippen LogP) is 2.15. The van der Waals surface area contributed by atoms with Crippen LogP contribution < -0.4 is 19.7 Å². The van der Waals surface area contributed by atoms with E-state index in [0.29, 0.717) is 35.8 Å². The molecule has 2 aromatic carbocycles. The topological polar surface area (TPSA) is 114 Å². The number of fused-ring (bicyclic) bond motifs is 1. The maximum absolute atomic E-state index is 13.1. The molecule has 1 fully saturated rings. The highest BCUT2D eigenvalue weighted by Crippen LogP contribution is 2.34. The van der Waals surface area contributed by atoms with Crippen molar-refractivity contribution in [2.24, 2.45) is 0 Å². The standard InChI is InChI=1S/C23H27N3O6S/c1-33(29,30)26-13-12-21(32-20-11-5-4-10-19(20)26)23(28)25-18-9-3-2-8-17(18)22(27)24-15-16-7-6-14-31-16/h2-5,8-11,16,21H,6-7,12-15H2,1H3,(H,24,27)(H,25,28)/t16-,21+/m1/s1. The summed E-state index contributed by atoms with van der Waals surface area (Å²) in [5.41, 5.74) is 1.08. The number of para-hydroxylation sites is 3. The average molecular weight is 474 g/mol. The Hall–Kier alpha value is -3.11. The number of benzene rings is 2. The summed E-state index contributed by atoms with van der Waals surface area (Å²) >= 11 is 0. The van der Waals surface area contributed by atoms with Crippen LogP contribution in [0.3, 0.4) is 0 Å². The van der Waals surface area contributed by atoms with Gasteiger partial charge in [-0.1, -0.05) is 24.3 Å². The summed E-state index contributed by atoms with van der Waals surface area (Å²) in [6.45, 7) is 1.21. The highest BCUT2D eigenvalue weighted by Gasteiger charge is 2.31. The lowest BCUT2D eigenvalue weighted by Gasteiger charge is -2.20. The maximum Gasteiger partial charge on any atom is 0.265 e. The number of anilines is 2. The normalized spacial score (nSPS) is 20.3. The van der Waals surface area contributed by atoms with Gasteiger partial charge >= 0.3 is 0 Å². The van der Waals surface area contributed by atoms with Crippen molar-refractivity contribution in [2.75, 3.05) is 35.6 Å². The monoisotopic (exact) mass is 473 g/mol.